The van der Waals surface area contributed by atoms with Crippen LogP contribution < -0.4 is 15.5 Å². The van der Waals surface area contributed by atoms with Gasteiger partial charge in [-0.1, -0.05) is 0 Å². The van der Waals surface area contributed by atoms with Crippen LogP contribution in [0.2, 0.25) is 0 Å². The van der Waals surface area contributed by atoms with Crippen LogP contribution in [0.25, 0.3) is 0 Å². The molecule has 1 saturated heterocycles. The monoisotopic (exact) mass is 263 g/mol. The highest BCUT2D eigenvalue weighted by atomic mass is 16.1. The highest BCUT2D eigenvalue weighted by molar-refractivity contribution is 5.91. The molecule has 2 N–H and O–H groups in total. The second-order valence-corrected chi connectivity index (χ2v) is 4.77. The summed E-state index contributed by atoms with van der Waals surface area (Å²) in [4.78, 5) is 20.3. The van der Waals surface area contributed by atoms with Gasteiger partial charge in [-0.2, -0.15) is 0 Å². The number of aromatic nitrogens is 1. The van der Waals surface area contributed by atoms with Crippen molar-refractivity contribution >= 4 is 17.4 Å². The lowest BCUT2D eigenvalue weighted by Gasteiger charge is -2.33. The lowest BCUT2D eigenvalue weighted by atomic mass is 10.3. The van der Waals surface area contributed by atoms with Gasteiger partial charge < -0.3 is 20.4 Å². The van der Waals surface area contributed by atoms with E-state index in [0.29, 0.717) is 12.4 Å². The van der Waals surface area contributed by atoms with E-state index in [0.717, 1.165) is 31.9 Å². The maximum Gasteiger partial charge on any atom is 0.239 e. The van der Waals surface area contributed by atoms with Crippen molar-refractivity contribution in [3.05, 3.63) is 18.3 Å². The molecule has 1 fully saturated rings. The molecule has 0 unspecified atom stereocenters. The molecule has 1 aromatic rings. The first-order chi connectivity index (χ1) is 9.19. The number of likely N-dealkylation sites (N-methyl/N-ethyl adjacent to an activating group) is 2. The van der Waals surface area contributed by atoms with Crippen LogP contribution in [0.3, 0.4) is 0 Å². The summed E-state index contributed by atoms with van der Waals surface area (Å²) in [6.07, 6.45) is 1.82. The SMILES string of the molecule is CNCC(=O)Nc1ccc(N2CCN(C)CC2)cn1. The Morgan fingerprint density at radius 1 is 1.32 bits per heavy atom. The van der Waals surface area contributed by atoms with Crippen molar-refractivity contribution in [3.63, 3.8) is 0 Å². The largest absolute Gasteiger partial charge is 0.368 e. The second-order valence-electron chi connectivity index (χ2n) is 4.77. The molecule has 19 heavy (non-hydrogen) atoms. The van der Waals surface area contributed by atoms with Crippen molar-refractivity contribution in [2.24, 2.45) is 0 Å². The van der Waals surface area contributed by atoms with Gasteiger partial charge in [0.2, 0.25) is 5.91 Å². The summed E-state index contributed by atoms with van der Waals surface area (Å²) in [5.74, 6) is 0.514. The fourth-order valence-electron chi connectivity index (χ4n) is 2.06. The van der Waals surface area contributed by atoms with E-state index in [-0.39, 0.29) is 5.91 Å². The first kappa shape index (κ1) is 13.8. The molecule has 2 rings (SSSR count). The van der Waals surface area contributed by atoms with Gasteiger partial charge in [0.15, 0.2) is 0 Å². The molecule has 1 aliphatic rings. The summed E-state index contributed by atoms with van der Waals surface area (Å²) in [6.45, 7) is 4.47. The van der Waals surface area contributed by atoms with E-state index in [1.165, 1.54) is 0 Å². The number of anilines is 2. The molecule has 0 spiro atoms. The Kier molecular flexibility index (Phi) is 4.70. The number of rotatable bonds is 4. The highest BCUT2D eigenvalue weighted by Crippen LogP contribution is 2.16. The van der Waals surface area contributed by atoms with Crippen molar-refractivity contribution in [2.45, 2.75) is 0 Å². The molecule has 2 heterocycles. The quantitative estimate of drug-likeness (QED) is 0.800. The Bertz CT molecular complexity index is 412. The van der Waals surface area contributed by atoms with Gasteiger partial charge in [0.25, 0.3) is 0 Å². The average Bonchev–Trinajstić information content (AvgIpc) is 2.41. The molecule has 1 aromatic heterocycles. The normalized spacial score (nSPS) is 16.4. The zero-order valence-corrected chi connectivity index (χ0v) is 11.5. The van der Waals surface area contributed by atoms with E-state index in [4.69, 9.17) is 0 Å². The van der Waals surface area contributed by atoms with Gasteiger partial charge in [0.05, 0.1) is 18.4 Å². The number of piperazine rings is 1. The van der Waals surface area contributed by atoms with Crippen molar-refractivity contribution in [1.82, 2.24) is 15.2 Å². The van der Waals surface area contributed by atoms with E-state index in [1.54, 1.807) is 7.05 Å². The molecule has 104 valence electrons. The van der Waals surface area contributed by atoms with Gasteiger partial charge in [-0.15, -0.1) is 0 Å². The van der Waals surface area contributed by atoms with Crippen molar-refractivity contribution in [2.75, 3.05) is 57.0 Å². The topological polar surface area (TPSA) is 60.5 Å². The van der Waals surface area contributed by atoms with Gasteiger partial charge >= 0.3 is 0 Å². The maximum atomic E-state index is 11.4. The highest BCUT2D eigenvalue weighted by Gasteiger charge is 2.14. The number of carbonyl (C=O) groups excluding carboxylic acids is 1. The second kappa shape index (κ2) is 6.49. The number of nitrogens with one attached hydrogen (secondary N) is 2. The molecule has 0 bridgehead atoms. The molecule has 6 heteroatoms. The zero-order chi connectivity index (χ0) is 13.7. The minimum absolute atomic E-state index is 0.0812. The number of carbonyl (C=O) groups is 1. The van der Waals surface area contributed by atoms with Crippen LogP contribution in [0.15, 0.2) is 18.3 Å². The van der Waals surface area contributed by atoms with Crippen LogP contribution >= 0.6 is 0 Å². The summed E-state index contributed by atoms with van der Waals surface area (Å²) >= 11 is 0. The van der Waals surface area contributed by atoms with Crippen molar-refractivity contribution in [1.29, 1.82) is 0 Å². The molecular formula is C13H21N5O. The summed E-state index contributed by atoms with van der Waals surface area (Å²) in [5, 5.41) is 5.54. The van der Waals surface area contributed by atoms with E-state index in [9.17, 15) is 4.79 Å². The van der Waals surface area contributed by atoms with E-state index in [1.807, 2.05) is 18.3 Å². The molecule has 0 saturated carbocycles. The molecule has 6 nitrogen and oxygen atoms in total. The molecular weight excluding hydrogens is 242 g/mol. The van der Waals surface area contributed by atoms with Gasteiger partial charge in [0.1, 0.15) is 5.82 Å². The van der Waals surface area contributed by atoms with Crippen LogP contribution in [-0.4, -0.2) is 62.6 Å². The Morgan fingerprint density at radius 2 is 2.05 bits per heavy atom. The van der Waals surface area contributed by atoms with Crippen LogP contribution in [0.1, 0.15) is 0 Å². The Balaban J connectivity index is 1.92. The van der Waals surface area contributed by atoms with Gasteiger partial charge in [-0.05, 0) is 26.2 Å². The van der Waals surface area contributed by atoms with Crippen LogP contribution in [0.5, 0.6) is 0 Å². The molecule has 0 atom stereocenters. The summed E-state index contributed by atoms with van der Waals surface area (Å²) < 4.78 is 0. The van der Waals surface area contributed by atoms with Crippen molar-refractivity contribution < 1.29 is 4.79 Å². The number of amides is 1. The number of hydrogen-bond acceptors (Lipinski definition) is 5. The number of hydrogen-bond donors (Lipinski definition) is 2. The predicted octanol–water partition coefficient (Wildman–Crippen LogP) is -0.00870. The summed E-state index contributed by atoms with van der Waals surface area (Å²) in [6, 6.07) is 3.86. The predicted molar refractivity (Wildman–Crippen MR) is 76.5 cm³/mol. The number of pyridine rings is 1. The summed E-state index contributed by atoms with van der Waals surface area (Å²) in [5.41, 5.74) is 1.11. The van der Waals surface area contributed by atoms with Gasteiger partial charge in [0, 0.05) is 26.2 Å². The molecule has 0 radical (unpaired) electrons. The number of nitrogens with zero attached hydrogens (tertiary/aromatic N) is 3. The molecule has 0 aromatic carbocycles. The molecule has 1 amide bonds. The van der Waals surface area contributed by atoms with Crippen LogP contribution in [-0.2, 0) is 4.79 Å². The van der Waals surface area contributed by atoms with Crippen LogP contribution in [0, 0.1) is 0 Å². The van der Waals surface area contributed by atoms with Crippen LogP contribution in [0.4, 0.5) is 11.5 Å². The zero-order valence-electron chi connectivity index (χ0n) is 11.5. The third-order valence-electron chi connectivity index (χ3n) is 3.22. The fraction of sp³-hybridized carbons (Fsp3) is 0.538. The lowest BCUT2D eigenvalue weighted by Crippen LogP contribution is -2.44. The van der Waals surface area contributed by atoms with E-state index < -0.39 is 0 Å². The third kappa shape index (κ3) is 3.90. The van der Waals surface area contributed by atoms with Crippen molar-refractivity contribution in [3.8, 4) is 0 Å². The van der Waals surface area contributed by atoms with E-state index >= 15 is 0 Å². The summed E-state index contributed by atoms with van der Waals surface area (Å²) in [7, 11) is 3.87. The fourth-order valence-corrected chi connectivity index (χ4v) is 2.06. The third-order valence-corrected chi connectivity index (χ3v) is 3.22. The Hall–Kier alpha value is -1.66. The smallest absolute Gasteiger partial charge is 0.239 e. The standard InChI is InChI=1S/C13H21N5O/c1-14-10-13(19)16-12-4-3-11(9-15-12)18-7-5-17(2)6-8-18/h3-4,9,14H,5-8,10H2,1-2H3,(H,15,16,19). The van der Waals surface area contributed by atoms with E-state index in [2.05, 4.69) is 32.5 Å². The minimum Gasteiger partial charge on any atom is -0.368 e. The molecule has 0 aliphatic carbocycles. The first-order valence-electron chi connectivity index (χ1n) is 6.53. The first-order valence-corrected chi connectivity index (χ1v) is 6.53. The molecule has 1 aliphatic heterocycles. The Labute approximate surface area is 113 Å². The van der Waals surface area contributed by atoms with Gasteiger partial charge in [-0.25, -0.2) is 4.98 Å². The Morgan fingerprint density at radius 3 is 2.63 bits per heavy atom. The van der Waals surface area contributed by atoms with Gasteiger partial charge in [-0.3, -0.25) is 4.79 Å². The maximum absolute atomic E-state index is 11.4. The minimum atomic E-state index is -0.0812. The lowest BCUT2D eigenvalue weighted by molar-refractivity contribution is -0.115. The average molecular weight is 263 g/mol.